The molecule has 0 bridgehead atoms. The first-order valence-electron chi connectivity index (χ1n) is 13.9. The van der Waals surface area contributed by atoms with Gasteiger partial charge in [-0.3, -0.25) is 14.4 Å². The molecule has 0 aliphatic heterocycles. The molecule has 6 nitrogen and oxygen atoms in total. The molecule has 0 aliphatic carbocycles. The Kier molecular flexibility index (Phi) is 26.5. The Morgan fingerprint density at radius 3 is 1.56 bits per heavy atom. The monoisotopic (exact) mass is 485 g/mol. The van der Waals surface area contributed by atoms with Crippen molar-refractivity contribution in [1.82, 2.24) is 4.90 Å². The van der Waals surface area contributed by atoms with Gasteiger partial charge in [0, 0.05) is 19.4 Å². The van der Waals surface area contributed by atoms with E-state index in [1.54, 1.807) is 0 Å². The summed E-state index contributed by atoms with van der Waals surface area (Å²) in [4.78, 5) is 35.2. The van der Waals surface area contributed by atoms with Gasteiger partial charge in [0.25, 0.3) is 0 Å². The van der Waals surface area contributed by atoms with Gasteiger partial charge >= 0.3 is 11.9 Å². The maximum Gasteiger partial charge on any atom is 0.323 e. The number of nitrogens with zero attached hydrogens (tertiary/aromatic N) is 1. The summed E-state index contributed by atoms with van der Waals surface area (Å²) in [7, 11) is 0. The van der Waals surface area contributed by atoms with Gasteiger partial charge in [-0.1, -0.05) is 105 Å². The number of rotatable bonds is 21. The molecule has 0 unspecified atom stereocenters. The van der Waals surface area contributed by atoms with Gasteiger partial charge in [-0.25, -0.2) is 0 Å². The zero-order chi connectivity index (χ0) is 26.0. The van der Waals surface area contributed by atoms with E-state index in [1.807, 2.05) is 20.8 Å². The largest absolute Gasteiger partial charge is 0.480 e. The fourth-order valence-electron chi connectivity index (χ4n) is 3.71. The number of carbonyl (C=O) groups excluding carboxylic acids is 2. The highest BCUT2D eigenvalue weighted by Crippen LogP contribution is 2.12. The van der Waals surface area contributed by atoms with Crippen LogP contribution in [0, 0.1) is 5.92 Å². The molecule has 0 saturated heterocycles. The second kappa shape index (κ2) is 26.0. The van der Waals surface area contributed by atoms with Crippen LogP contribution in [-0.4, -0.2) is 47.5 Å². The van der Waals surface area contributed by atoms with Gasteiger partial charge in [0.2, 0.25) is 5.91 Å². The molecule has 0 aromatic rings. The van der Waals surface area contributed by atoms with Crippen LogP contribution in [0.4, 0.5) is 0 Å². The van der Waals surface area contributed by atoms with E-state index in [-0.39, 0.29) is 18.4 Å². The molecule has 0 radical (unpaired) electrons. The number of amides is 1. The van der Waals surface area contributed by atoms with Crippen LogP contribution in [0.2, 0.25) is 0 Å². The molecule has 0 heterocycles. The standard InChI is InChI=1S/C18H35NO3.C10H20O2/c1-4-5-6-7-8-9-10-11-12-13-17(20)19(14-16(2)3)15-18(21)22;1-3-5-6-7-8-9-10(11)12-4-2/h16H,4-15H2,1-3H3,(H,21,22);3-9H2,1-2H3. The summed E-state index contributed by atoms with van der Waals surface area (Å²) in [6, 6.07) is 0. The second-order valence-corrected chi connectivity index (χ2v) is 9.61. The van der Waals surface area contributed by atoms with E-state index in [0.717, 1.165) is 25.7 Å². The predicted molar refractivity (Wildman–Crippen MR) is 141 cm³/mol. The Balaban J connectivity index is 0. The quantitative estimate of drug-likeness (QED) is 0.135. The third-order valence-electron chi connectivity index (χ3n) is 5.55. The highest BCUT2D eigenvalue weighted by atomic mass is 16.5. The van der Waals surface area contributed by atoms with Crippen molar-refractivity contribution < 1.29 is 24.2 Å². The van der Waals surface area contributed by atoms with E-state index >= 15 is 0 Å². The van der Waals surface area contributed by atoms with Gasteiger partial charge in [-0.05, 0) is 25.7 Å². The van der Waals surface area contributed by atoms with Gasteiger partial charge in [-0.2, -0.15) is 0 Å². The molecule has 1 amide bonds. The molecule has 6 heteroatoms. The Labute approximate surface area is 210 Å². The van der Waals surface area contributed by atoms with Crippen molar-refractivity contribution in [1.29, 1.82) is 0 Å². The average molecular weight is 486 g/mol. The highest BCUT2D eigenvalue weighted by molar-refractivity contribution is 5.81. The maximum absolute atomic E-state index is 12.1. The summed E-state index contributed by atoms with van der Waals surface area (Å²) in [5.74, 6) is -0.694. The summed E-state index contributed by atoms with van der Waals surface area (Å²) >= 11 is 0. The molecule has 34 heavy (non-hydrogen) atoms. The minimum atomic E-state index is -0.930. The lowest BCUT2D eigenvalue weighted by atomic mass is 10.1. The van der Waals surface area contributed by atoms with Crippen molar-refractivity contribution in [2.45, 2.75) is 137 Å². The predicted octanol–water partition coefficient (Wildman–Crippen LogP) is 7.39. The van der Waals surface area contributed by atoms with E-state index in [0.29, 0.717) is 31.9 Å². The number of esters is 1. The Morgan fingerprint density at radius 1 is 0.706 bits per heavy atom. The van der Waals surface area contributed by atoms with Crippen LogP contribution in [0.25, 0.3) is 0 Å². The Hall–Kier alpha value is -1.59. The number of carboxylic acid groups (broad SMARTS) is 1. The molecule has 0 atom stereocenters. The van der Waals surface area contributed by atoms with Crippen LogP contribution in [0.1, 0.15) is 137 Å². The zero-order valence-corrected chi connectivity index (χ0v) is 23.0. The van der Waals surface area contributed by atoms with Crippen LogP contribution in [0.15, 0.2) is 0 Å². The van der Waals surface area contributed by atoms with Gasteiger partial charge < -0.3 is 14.7 Å². The SMILES string of the molecule is CCCCCCCC(=O)OCC.CCCCCCCCCCCC(=O)N(CC(=O)O)CC(C)C. The summed E-state index contributed by atoms with van der Waals surface area (Å²) < 4.78 is 4.81. The van der Waals surface area contributed by atoms with Gasteiger partial charge in [0.1, 0.15) is 6.54 Å². The first kappa shape index (κ1) is 34.6. The van der Waals surface area contributed by atoms with Crippen molar-refractivity contribution in [3.63, 3.8) is 0 Å². The summed E-state index contributed by atoms with van der Waals surface area (Å²) in [5, 5.41) is 8.88. The first-order valence-corrected chi connectivity index (χ1v) is 13.9. The number of carbonyl (C=O) groups is 3. The van der Waals surface area contributed by atoms with E-state index < -0.39 is 5.97 Å². The van der Waals surface area contributed by atoms with Crippen molar-refractivity contribution in [3.8, 4) is 0 Å². The van der Waals surface area contributed by atoms with E-state index in [4.69, 9.17) is 9.84 Å². The molecule has 202 valence electrons. The Bertz CT molecular complexity index is 493. The van der Waals surface area contributed by atoms with Crippen molar-refractivity contribution in [2.24, 2.45) is 5.92 Å². The second-order valence-electron chi connectivity index (χ2n) is 9.61. The van der Waals surface area contributed by atoms with E-state index in [1.165, 1.54) is 69.1 Å². The number of hydrogen-bond acceptors (Lipinski definition) is 4. The molecule has 0 aromatic heterocycles. The lowest BCUT2D eigenvalue weighted by Crippen LogP contribution is -2.38. The molecular formula is C28H55NO5. The normalized spacial score (nSPS) is 10.5. The fraction of sp³-hybridized carbons (Fsp3) is 0.893. The molecule has 0 aromatic carbocycles. The summed E-state index contributed by atoms with van der Waals surface area (Å²) in [6.07, 6.45) is 18.0. The molecule has 0 saturated carbocycles. The molecule has 0 spiro atoms. The number of hydrogen-bond donors (Lipinski definition) is 1. The van der Waals surface area contributed by atoms with Crippen LogP contribution in [0.5, 0.6) is 0 Å². The van der Waals surface area contributed by atoms with E-state index in [9.17, 15) is 14.4 Å². The van der Waals surface area contributed by atoms with Crippen molar-refractivity contribution in [2.75, 3.05) is 19.7 Å². The maximum atomic E-state index is 12.1. The molecule has 0 rings (SSSR count). The smallest absolute Gasteiger partial charge is 0.323 e. The minimum absolute atomic E-state index is 0.0148. The first-order chi connectivity index (χ1) is 16.3. The van der Waals surface area contributed by atoms with Crippen molar-refractivity contribution in [3.05, 3.63) is 0 Å². The number of aliphatic carboxylic acids is 1. The van der Waals surface area contributed by atoms with Gasteiger partial charge in [0.15, 0.2) is 0 Å². The number of ether oxygens (including phenoxy) is 1. The molecule has 0 aliphatic rings. The fourth-order valence-corrected chi connectivity index (χ4v) is 3.71. The molecule has 1 N–H and O–H groups in total. The highest BCUT2D eigenvalue weighted by Gasteiger charge is 2.17. The van der Waals surface area contributed by atoms with E-state index in [2.05, 4.69) is 13.8 Å². The Morgan fingerprint density at radius 2 is 1.15 bits per heavy atom. The molecule has 0 fully saturated rings. The van der Waals surface area contributed by atoms with Crippen molar-refractivity contribution >= 4 is 17.8 Å². The number of carboxylic acids is 1. The van der Waals surface area contributed by atoms with Gasteiger partial charge in [0.05, 0.1) is 6.61 Å². The zero-order valence-electron chi connectivity index (χ0n) is 23.0. The van der Waals surface area contributed by atoms with Crippen LogP contribution in [0.3, 0.4) is 0 Å². The molecular weight excluding hydrogens is 430 g/mol. The summed E-state index contributed by atoms with van der Waals surface area (Å²) in [6.45, 7) is 11.1. The lowest BCUT2D eigenvalue weighted by molar-refractivity contribution is -0.144. The van der Waals surface area contributed by atoms with Crippen LogP contribution in [-0.2, 0) is 19.1 Å². The van der Waals surface area contributed by atoms with Gasteiger partial charge in [-0.15, -0.1) is 0 Å². The third-order valence-corrected chi connectivity index (χ3v) is 5.55. The van der Waals surface area contributed by atoms with Crippen LogP contribution >= 0.6 is 0 Å². The topological polar surface area (TPSA) is 83.9 Å². The third kappa shape index (κ3) is 26.7. The average Bonchev–Trinajstić information content (AvgIpc) is 2.77. The number of unbranched alkanes of at least 4 members (excludes halogenated alkanes) is 12. The summed E-state index contributed by atoms with van der Waals surface area (Å²) in [5.41, 5.74) is 0. The van der Waals surface area contributed by atoms with Crippen LogP contribution < -0.4 is 0 Å². The minimum Gasteiger partial charge on any atom is -0.480 e. The lowest BCUT2D eigenvalue weighted by Gasteiger charge is -2.22.